The van der Waals surface area contributed by atoms with Gasteiger partial charge < -0.3 is 15.3 Å². The van der Waals surface area contributed by atoms with Crippen LogP contribution in [0.1, 0.15) is 12.8 Å². The fourth-order valence-corrected chi connectivity index (χ4v) is 2.14. The van der Waals surface area contributed by atoms with E-state index in [1.807, 2.05) is 18.2 Å². The molecule has 5 nitrogen and oxygen atoms in total. The minimum absolute atomic E-state index is 0.450. The van der Waals surface area contributed by atoms with Crippen molar-refractivity contribution < 1.29 is 9.90 Å². The van der Waals surface area contributed by atoms with Gasteiger partial charge in [-0.15, -0.1) is 0 Å². The van der Waals surface area contributed by atoms with Crippen LogP contribution in [0.25, 0.3) is 0 Å². The molecule has 1 aliphatic heterocycles. The molecular weight excluding hydrogens is 218 g/mol. The summed E-state index contributed by atoms with van der Waals surface area (Å²) in [6.07, 6.45) is 2.89. The second-order valence-corrected chi connectivity index (χ2v) is 4.30. The molecule has 0 bridgehead atoms. The van der Waals surface area contributed by atoms with E-state index < -0.39 is 6.09 Å². The molecule has 92 valence electrons. The number of hydrogen-bond acceptors (Lipinski definition) is 3. The number of amides is 1. The maximum Gasteiger partial charge on any atom is 0.404 e. The molecule has 0 aromatic carbocycles. The molecule has 2 heterocycles. The van der Waals surface area contributed by atoms with Crippen molar-refractivity contribution in [2.45, 2.75) is 12.8 Å². The molecule has 1 fully saturated rings. The Kier molecular flexibility index (Phi) is 3.80. The second kappa shape index (κ2) is 5.52. The van der Waals surface area contributed by atoms with Gasteiger partial charge in [0.25, 0.3) is 0 Å². The van der Waals surface area contributed by atoms with Gasteiger partial charge in [-0.3, -0.25) is 0 Å². The zero-order chi connectivity index (χ0) is 12.1. The SMILES string of the molecule is O=C(O)NCC1CCN(c2ccccn2)CC1. The van der Waals surface area contributed by atoms with Crippen molar-refractivity contribution in [2.24, 2.45) is 5.92 Å². The molecule has 1 saturated heterocycles. The van der Waals surface area contributed by atoms with Crippen molar-refractivity contribution in [3.63, 3.8) is 0 Å². The van der Waals surface area contributed by atoms with Crippen molar-refractivity contribution in [3.05, 3.63) is 24.4 Å². The summed E-state index contributed by atoms with van der Waals surface area (Å²) in [5.74, 6) is 1.46. The molecular formula is C12H17N3O2. The molecule has 1 aliphatic rings. The van der Waals surface area contributed by atoms with Gasteiger partial charge in [-0.2, -0.15) is 0 Å². The van der Waals surface area contributed by atoms with Crippen LogP contribution in [0.15, 0.2) is 24.4 Å². The van der Waals surface area contributed by atoms with Gasteiger partial charge in [0.05, 0.1) is 0 Å². The lowest BCUT2D eigenvalue weighted by molar-refractivity contribution is 0.191. The van der Waals surface area contributed by atoms with Crippen LogP contribution in [0.3, 0.4) is 0 Å². The van der Waals surface area contributed by atoms with Crippen molar-refractivity contribution in [1.29, 1.82) is 0 Å². The van der Waals surface area contributed by atoms with Crippen LogP contribution in [0.4, 0.5) is 10.6 Å². The summed E-state index contributed by atoms with van der Waals surface area (Å²) in [7, 11) is 0. The van der Waals surface area contributed by atoms with Gasteiger partial charge in [-0.25, -0.2) is 9.78 Å². The monoisotopic (exact) mass is 235 g/mol. The Morgan fingerprint density at radius 1 is 1.47 bits per heavy atom. The van der Waals surface area contributed by atoms with E-state index in [0.717, 1.165) is 31.7 Å². The maximum atomic E-state index is 10.4. The third-order valence-electron chi connectivity index (χ3n) is 3.13. The zero-order valence-corrected chi connectivity index (χ0v) is 9.67. The number of pyridine rings is 1. The summed E-state index contributed by atoms with van der Waals surface area (Å²) in [5, 5.41) is 11.0. The number of anilines is 1. The van der Waals surface area contributed by atoms with Gasteiger partial charge in [0.2, 0.25) is 0 Å². The van der Waals surface area contributed by atoms with E-state index >= 15 is 0 Å². The number of piperidine rings is 1. The molecule has 1 aromatic heterocycles. The third kappa shape index (κ3) is 3.34. The Bertz CT molecular complexity index is 361. The fourth-order valence-electron chi connectivity index (χ4n) is 2.14. The van der Waals surface area contributed by atoms with Crippen molar-refractivity contribution in [2.75, 3.05) is 24.5 Å². The lowest BCUT2D eigenvalue weighted by Crippen LogP contribution is -2.38. The van der Waals surface area contributed by atoms with Crippen LogP contribution in [0, 0.1) is 5.92 Å². The summed E-state index contributed by atoms with van der Waals surface area (Å²) in [6.45, 7) is 2.46. The highest BCUT2D eigenvalue weighted by atomic mass is 16.4. The zero-order valence-electron chi connectivity index (χ0n) is 9.67. The van der Waals surface area contributed by atoms with E-state index in [4.69, 9.17) is 5.11 Å². The number of hydrogen-bond donors (Lipinski definition) is 2. The highest BCUT2D eigenvalue weighted by molar-refractivity contribution is 5.64. The molecule has 2 rings (SSSR count). The fraction of sp³-hybridized carbons (Fsp3) is 0.500. The maximum absolute atomic E-state index is 10.4. The molecule has 1 amide bonds. The lowest BCUT2D eigenvalue weighted by atomic mass is 9.97. The molecule has 0 atom stereocenters. The van der Waals surface area contributed by atoms with E-state index in [2.05, 4.69) is 15.2 Å². The summed E-state index contributed by atoms with van der Waals surface area (Å²) in [5.41, 5.74) is 0. The van der Waals surface area contributed by atoms with Crippen LogP contribution >= 0.6 is 0 Å². The Morgan fingerprint density at radius 2 is 2.24 bits per heavy atom. The number of rotatable bonds is 3. The average molecular weight is 235 g/mol. The smallest absolute Gasteiger partial charge is 0.404 e. The van der Waals surface area contributed by atoms with Gasteiger partial charge in [0.1, 0.15) is 5.82 Å². The summed E-state index contributed by atoms with van der Waals surface area (Å²) in [4.78, 5) is 17.0. The Balaban J connectivity index is 1.80. The largest absolute Gasteiger partial charge is 0.465 e. The van der Waals surface area contributed by atoms with E-state index in [1.165, 1.54) is 0 Å². The van der Waals surface area contributed by atoms with Crippen LogP contribution in [-0.4, -0.2) is 35.8 Å². The number of carbonyl (C=O) groups is 1. The van der Waals surface area contributed by atoms with Gasteiger partial charge >= 0.3 is 6.09 Å². The van der Waals surface area contributed by atoms with E-state index in [1.54, 1.807) is 6.20 Å². The molecule has 0 unspecified atom stereocenters. The first-order valence-electron chi connectivity index (χ1n) is 5.88. The topological polar surface area (TPSA) is 65.5 Å². The summed E-state index contributed by atoms with van der Waals surface area (Å²) >= 11 is 0. The highest BCUT2D eigenvalue weighted by Gasteiger charge is 2.20. The van der Waals surface area contributed by atoms with Crippen LogP contribution < -0.4 is 10.2 Å². The minimum atomic E-state index is -0.933. The normalized spacial score (nSPS) is 16.8. The predicted octanol–water partition coefficient (Wildman–Crippen LogP) is 1.57. The quantitative estimate of drug-likeness (QED) is 0.834. The predicted molar refractivity (Wildman–Crippen MR) is 65.2 cm³/mol. The average Bonchev–Trinajstić information content (AvgIpc) is 2.38. The Labute approximate surface area is 100 Å². The summed E-state index contributed by atoms with van der Waals surface area (Å²) < 4.78 is 0. The molecule has 0 saturated carbocycles. The number of nitrogens with zero attached hydrogens (tertiary/aromatic N) is 2. The molecule has 1 aromatic rings. The molecule has 17 heavy (non-hydrogen) atoms. The van der Waals surface area contributed by atoms with E-state index in [0.29, 0.717) is 12.5 Å². The lowest BCUT2D eigenvalue weighted by Gasteiger charge is -2.32. The van der Waals surface area contributed by atoms with Crippen molar-refractivity contribution in [1.82, 2.24) is 10.3 Å². The number of nitrogens with one attached hydrogen (secondary N) is 1. The van der Waals surface area contributed by atoms with Gasteiger partial charge in [0.15, 0.2) is 0 Å². The van der Waals surface area contributed by atoms with Crippen molar-refractivity contribution in [3.8, 4) is 0 Å². The standard InChI is InChI=1S/C12H17N3O2/c16-12(17)14-9-10-4-7-15(8-5-10)11-3-1-2-6-13-11/h1-3,6,10,14H,4-5,7-9H2,(H,16,17). The third-order valence-corrected chi connectivity index (χ3v) is 3.13. The number of aromatic nitrogens is 1. The first kappa shape index (κ1) is 11.7. The minimum Gasteiger partial charge on any atom is -0.465 e. The number of carboxylic acid groups (broad SMARTS) is 1. The van der Waals surface area contributed by atoms with E-state index in [-0.39, 0.29) is 0 Å². The molecule has 0 radical (unpaired) electrons. The Hall–Kier alpha value is -1.78. The van der Waals surface area contributed by atoms with Crippen LogP contribution in [0.5, 0.6) is 0 Å². The second-order valence-electron chi connectivity index (χ2n) is 4.30. The van der Waals surface area contributed by atoms with Crippen LogP contribution in [-0.2, 0) is 0 Å². The van der Waals surface area contributed by atoms with Gasteiger partial charge in [0, 0.05) is 25.8 Å². The van der Waals surface area contributed by atoms with Crippen molar-refractivity contribution >= 4 is 11.9 Å². The van der Waals surface area contributed by atoms with Gasteiger partial charge in [-0.05, 0) is 30.9 Å². The highest BCUT2D eigenvalue weighted by Crippen LogP contribution is 2.20. The van der Waals surface area contributed by atoms with Gasteiger partial charge in [-0.1, -0.05) is 6.07 Å². The molecule has 2 N–H and O–H groups in total. The first-order chi connectivity index (χ1) is 8.25. The van der Waals surface area contributed by atoms with Crippen LogP contribution in [0.2, 0.25) is 0 Å². The first-order valence-corrected chi connectivity index (χ1v) is 5.88. The molecule has 0 aliphatic carbocycles. The molecule has 5 heteroatoms. The summed E-state index contributed by atoms with van der Waals surface area (Å²) in [6, 6.07) is 5.91. The molecule has 0 spiro atoms. The van der Waals surface area contributed by atoms with E-state index in [9.17, 15) is 4.79 Å². The Morgan fingerprint density at radius 3 is 2.82 bits per heavy atom.